The van der Waals surface area contributed by atoms with Gasteiger partial charge >= 0.3 is 0 Å². The van der Waals surface area contributed by atoms with E-state index in [9.17, 15) is 4.79 Å². The number of anilines is 2. The lowest BCUT2D eigenvalue weighted by Crippen LogP contribution is -2.31. The van der Waals surface area contributed by atoms with Crippen LogP contribution in [0.4, 0.5) is 11.4 Å². The first-order valence-corrected chi connectivity index (χ1v) is 6.93. The zero-order chi connectivity index (χ0) is 14.5. The third kappa shape index (κ3) is 3.11. The van der Waals surface area contributed by atoms with Crippen LogP contribution in [0.15, 0.2) is 48.5 Å². The summed E-state index contributed by atoms with van der Waals surface area (Å²) in [6, 6.07) is 14.4. The van der Waals surface area contributed by atoms with Crippen molar-refractivity contribution in [2.75, 3.05) is 17.2 Å². The lowest BCUT2D eigenvalue weighted by atomic mass is 10.1. The molecule has 2 rings (SSSR count). The fourth-order valence-corrected chi connectivity index (χ4v) is 2.22. The van der Waals surface area contributed by atoms with Gasteiger partial charge in [-0.05, 0) is 42.8 Å². The number of nitrogens with two attached hydrogens (primary N) is 1. The molecule has 0 bridgehead atoms. The second-order valence-electron chi connectivity index (χ2n) is 4.53. The fourth-order valence-electron chi connectivity index (χ4n) is 2.01. The monoisotopic (exact) mass is 288 g/mol. The van der Waals surface area contributed by atoms with E-state index in [1.165, 1.54) is 0 Å². The van der Waals surface area contributed by atoms with Gasteiger partial charge in [0.1, 0.15) is 0 Å². The fraction of sp³-hybridized carbons (Fsp3) is 0.188. The quantitative estimate of drug-likeness (QED) is 0.865. The zero-order valence-electron chi connectivity index (χ0n) is 11.3. The van der Waals surface area contributed by atoms with Crippen LogP contribution >= 0.6 is 11.6 Å². The first-order valence-electron chi connectivity index (χ1n) is 6.55. The van der Waals surface area contributed by atoms with Crippen molar-refractivity contribution in [3.8, 4) is 0 Å². The molecule has 4 heteroatoms. The van der Waals surface area contributed by atoms with E-state index in [0.717, 1.165) is 12.1 Å². The maximum Gasteiger partial charge on any atom is 0.259 e. The molecule has 1 amide bonds. The Morgan fingerprint density at radius 1 is 1.15 bits per heavy atom. The van der Waals surface area contributed by atoms with Crippen molar-refractivity contribution in [1.29, 1.82) is 0 Å². The van der Waals surface area contributed by atoms with Gasteiger partial charge in [0.15, 0.2) is 0 Å². The van der Waals surface area contributed by atoms with Gasteiger partial charge < -0.3 is 10.6 Å². The van der Waals surface area contributed by atoms with Gasteiger partial charge in [-0.2, -0.15) is 0 Å². The second-order valence-corrected chi connectivity index (χ2v) is 4.94. The van der Waals surface area contributed by atoms with Crippen LogP contribution in [-0.4, -0.2) is 12.5 Å². The van der Waals surface area contributed by atoms with Gasteiger partial charge in [0.25, 0.3) is 5.91 Å². The number of carbonyl (C=O) groups excluding carboxylic acids is 1. The molecule has 0 saturated carbocycles. The van der Waals surface area contributed by atoms with E-state index in [-0.39, 0.29) is 5.91 Å². The first kappa shape index (κ1) is 14.4. The maximum absolute atomic E-state index is 12.7. The number of hydrogen-bond acceptors (Lipinski definition) is 2. The Balaban J connectivity index is 2.36. The number of nitrogen functional groups attached to an aromatic ring is 1. The van der Waals surface area contributed by atoms with Crippen LogP contribution in [0.2, 0.25) is 5.02 Å². The molecule has 2 aromatic rings. The maximum atomic E-state index is 12.7. The highest BCUT2D eigenvalue weighted by atomic mass is 35.5. The Labute approximate surface area is 124 Å². The van der Waals surface area contributed by atoms with Crippen LogP contribution in [0.3, 0.4) is 0 Å². The minimum Gasteiger partial charge on any atom is -0.399 e. The van der Waals surface area contributed by atoms with E-state index in [1.54, 1.807) is 29.2 Å². The molecule has 0 heterocycles. The highest BCUT2D eigenvalue weighted by Gasteiger charge is 2.18. The van der Waals surface area contributed by atoms with Crippen molar-refractivity contribution < 1.29 is 4.79 Å². The van der Waals surface area contributed by atoms with Crippen molar-refractivity contribution >= 4 is 28.9 Å². The molecule has 104 valence electrons. The van der Waals surface area contributed by atoms with Crippen LogP contribution in [0.1, 0.15) is 23.7 Å². The third-order valence-electron chi connectivity index (χ3n) is 3.00. The molecule has 0 aromatic heterocycles. The van der Waals surface area contributed by atoms with Crippen LogP contribution in [0, 0.1) is 0 Å². The van der Waals surface area contributed by atoms with Crippen molar-refractivity contribution in [1.82, 2.24) is 0 Å². The normalized spacial score (nSPS) is 10.3. The Bertz CT molecular complexity index is 596. The Kier molecular flexibility index (Phi) is 4.64. The Morgan fingerprint density at radius 2 is 1.80 bits per heavy atom. The molecule has 20 heavy (non-hydrogen) atoms. The van der Waals surface area contributed by atoms with Crippen molar-refractivity contribution in [2.24, 2.45) is 0 Å². The Morgan fingerprint density at radius 3 is 2.40 bits per heavy atom. The number of halogens is 1. The molecule has 3 nitrogen and oxygen atoms in total. The standard InChI is InChI=1S/C16H17ClN2O/c1-2-11-19(13-9-7-12(18)8-10-13)16(20)14-5-3-4-6-15(14)17/h3-10H,2,11,18H2,1H3. The van der Waals surface area contributed by atoms with Gasteiger partial charge in [-0.1, -0.05) is 30.7 Å². The molecular weight excluding hydrogens is 272 g/mol. The summed E-state index contributed by atoms with van der Waals surface area (Å²) in [5.41, 5.74) is 7.70. The summed E-state index contributed by atoms with van der Waals surface area (Å²) in [7, 11) is 0. The molecule has 0 saturated heterocycles. The molecule has 0 spiro atoms. The highest BCUT2D eigenvalue weighted by Crippen LogP contribution is 2.23. The van der Waals surface area contributed by atoms with Crippen molar-refractivity contribution in [3.63, 3.8) is 0 Å². The minimum atomic E-state index is -0.0952. The molecule has 0 fully saturated rings. The van der Waals surface area contributed by atoms with Crippen molar-refractivity contribution in [2.45, 2.75) is 13.3 Å². The van der Waals surface area contributed by atoms with Gasteiger partial charge in [0, 0.05) is 17.9 Å². The molecule has 0 atom stereocenters. The predicted molar refractivity (Wildman–Crippen MR) is 84.3 cm³/mol. The number of nitrogens with zero attached hydrogens (tertiary/aromatic N) is 1. The van der Waals surface area contributed by atoms with E-state index in [0.29, 0.717) is 22.8 Å². The lowest BCUT2D eigenvalue weighted by Gasteiger charge is -2.23. The molecule has 0 aliphatic rings. The molecule has 2 N–H and O–H groups in total. The topological polar surface area (TPSA) is 46.3 Å². The number of hydrogen-bond donors (Lipinski definition) is 1. The molecular formula is C16H17ClN2O. The van der Waals surface area contributed by atoms with E-state index in [4.69, 9.17) is 17.3 Å². The summed E-state index contributed by atoms with van der Waals surface area (Å²) in [6.45, 7) is 2.66. The molecule has 0 radical (unpaired) electrons. The molecule has 2 aromatic carbocycles. The SMILES string of the molecule is CCCN(C(=O)c1ccccc1Cl)c1ccc(N)cc1. The highest BCUT2D eigenvalue weighted by molar-refractivity contribution is 6.34. The summed E-state index contributed by atoms with van der Waals surface area (Å²) in [4.78, 5) is 14.4. The summed E-state index contributed by atoms with van der Waals surface area (Å²) >= 11 is 6.11. The van der Waals surface area contributed by atoms with E-state index >= 15 is 0 Å². The lowest BCUT2D eigenvalue weighted by molar-refractivity contribution is 0.0987. The Hall–Kier alpha value is -2.00. The van der Waals surface area contributed by atoms with E-state index in [1.807, 2.05) is 31.2 Å². The molecule has 0 unspecified atom stereocenters. The smallest absolute Gasteiger partial charge is 0.259 e. The number of rotatable bonds is 4. The largest absolute Gasteiger partial charge is 0.399 e. The minimum absolute atomic E-state index is 0.0952. The summed E-state index contributed by atoms with van der Waals surface area (Å²) in [6.07, 6.45) is 0.862. The predicted octanol–water partition coefficient (Wildman–Crippen LogP) is 3.98. The van der Waals surface area contributed by atoms with Gasteiger partial charge in [-0.15, -0.1) is 0 Å². The summed E-state index contributed by atoms with van der Waals surface area (Å²) < 4.78 is 0. The average Bonchev–Trinajstić information content (AvgIpc) is 2.46. The van der Waals surface area contributed by atoms with E-state index < -0.39 is 0 Å². The molecule has 0 aliphatic carbocycles. The van der Waals surface area contributed by atoms with Gasteiger partial charge in [-0.3, -0.25) is 4.79 Å². The van der Waals surface area contributed by atoms with Crippen LogP contribution in [0.5, 0.6) is 0 Å². The zero-order valence-corrected chi connectivity index (χ0v) is 12.1. The number of carbonyl (C=O) groups is 1. The summed E-state index contributed by atoms with van der Waals surface area (Å²) in [5.74, 6) is -0.0952. The van der Waals surface area contributed by atoms with Crippen LogP contribution in [0.25, 0.3) is 0 Å². The molecule has 0 aliphatic heterocycles. The second kappa shape index (κ2) is 6.44. The summed E-state index contributed by atoms with van der Waals surface area (Å²) in [5, 5.41) is 0.467. The van der Waals surface area contributed by atoms with Crippen LogP contribution in [-0.2, 0) is 0 Å². The van der Waals surface area contributed by atoms with E-state index in [2.05, 4.69) is 0 Å². The average molecular weight is 289 g/mol. The van der Waals surface area contributed by atoms with Crippen molar-refractivity contribution in [3.05, 3.63) is 59.1 Å². The number of benzene rings is 2. The number of amides is 1. The van der Waals surface area contributed by atoms with Gasteiger partial charge in [0.2, 0.25) is 0 Å². The van der Waals surface area contributed by atoms with Gasteiger partial charge in [-0.25, -0.2) is 0 Å². The first-order chi connectivity index (χ1) is 9.63. The third-order valence-corrected chi connectivity index (χ3v) is 3.33. The van der Waals surface area contributed by atoms with Crippen LogP contribution < -0.4 is 10.6 Å². The van der Waals surface area contributed by atoms with Gasteiger partial charge in [0.05, 0.1) is 10.6 Å².